The Kier molecular flexibility index (Phi) is 8.46. The number of phenols is 2. The lowest BCUT2D eigenvalue weighted by molar-refractivity contribution is 0.443. The molecule has 0 aromatic heterocycles. The van der Waals surface area contributed by atoms with Crippen LogP contribution in [0.15, 0.2) is 58.5 Å². The first-order chi connectivity index (χ1) is 18.2. The molecule has 0 atom stereocenters. The normalized spacial score (nSPS) is 13.5. The summed E-state index contributed by atoms with van der Waals surface area (Å²) in [4.78, 5) is 9.54. The Morgan fingerprint density at radius 2 is 0.825 bits per heavy atom. The van der Waals surface area contributed by atoms with Crippen molar-refractivity contribution in [2.75, 3.05) is 0 Å². The van der Waals surface area contributed by atoms with E-state index in [1.807, 2.05) is 36.4 Å². The number of hydrogen-bond donors (Lipinski definition) is 2. The van der Waals surface area contributed by atoms with Gasteiger partial charge in [-0.3, -0.25) is 9.98 Å². The van der Waals surface area contributed by atoms with E-state index in [0.717, 1.165) is 22.3 Å². The summed E-state index contributed by atoms with van der Waals surface area (Å²) in [6, 6.07) is 15.9. The molecule has 0 amide bonds. The number of hydrogen-bond acceptors (Lipinski definition) is 4. The molecule has 0 unspecified atom stereocenters. The molecular formula is C36H48N2O2. The second kappa shape index (κ2) is 10.9. The number of aliphatic imine (C=N–C) groups is 2. The van der Waals surface area contributed by atoms with Gasteiger partial charge in [-0.25, -0.2) is 0 Å². The fraction of sp³-hybridized carbons (Fsp3) is 0.444. The highest BCUT2D eigenvalue weighted by Crippen LogP contribution is 2.39. The van der Waals surface area contributed by atoms with Crippen LogP contribution in [0.25, 0.3) is 0 Å². The van der Waals surface area contributed by atoms with Gasteiger partial charge in [0.25, 0.3) is 0 Å². The zero-order valence-electron chi connectivity index (χ0n) is 26.6. The predicted molar refractivity (Wildman–Crippen MR) is 172 cm³/mol. The lowest BCUT2D eigenvalue weighted by Gasteiger charge is -2.27. The minimum atomic E-state index is -0.217. The molecule has 0 radical (unpaired) electrons. The standard InChI is InChI=1S/C36H48N2O2/c1-33(2,3)25-17-23(31(39)27(19-25)35(7,8)9)21-37-29-15-13-14-16-30(29)38-22-24-18-26(34(4,5)6)20-28(32(24)40)36(10,11)12/h13-22,39-40H,1-12H3/b37-21-,38-22+. The first kappa shape index (κ1) is 31.1. The zero-order valence-corrected chi connectivity index (χ0v) is 26.6. The lowest BCUT2D eigenvalue weighted by atomic mass is 9.79. The van der Waals surface area contributed by atoms with Gasteiger partial charge in [-0.05, 0) is 57.1 Å². The van der Waals surface area contributed by atoms with Gasteiger partial charge in [0.05, 0.1) is 11.4 Å². The van der Waals surface area contributed by atoms with E-state index in [1.165, 1.54) is 0 Å². The summed E-state index contributed by atoms with van der Waals surface area (Å²) in [5.74, 6) is 0.507. The molecule has 3 aromatic rings. The molecule has 4 heteroatoms. The third kappa shape index (κ3) is 7.21. The van der Waals surface area contributed by atoms with Crippen LogP contribution < -0.4 is 0 Å². The van der Waals surface area contributed by atoms with Crippen LogP contribution in [-0.2, 0) is 21.7 Å². The number of phenolic OH excluding ortho intramolecular Hbond substituents is 2. The van der Waals surface area contributed by atoms with Crippen molar-refractivity contribution in [2.45, 2.75) is 105 Å². The van der Waals surface area contributed by atoms with Gasteiger partial charge >= 0.3 is 0 Å². The van der Waals surface area contributed by atoms with Crippen LogP contribution in [0, 0.1) is 0 Å². The van der Waals surface area contributed by atoms with Gasteiger partial charge < -0.3 is 10.2 Å². The quantitative estimate of drug-likeness (QED) is 0.323. The van der Waals surface area contributed by atoms with Crippen molar-refractivity contribution < 1.29 is 10.2 Å². The highest BCUT2D eigenvalue weighted by Gasteiger charge is 2.26. The van der Waals surface area contributed by atoms with Crippen LogP contribution in [0.4, 0.5) is 11.4 Å². The highest BCUT2D eigenvalue weighted by molar-refractivity contribution is 5.90. The minimum Gasteiger partial charge on any atom is -0.507 e. The molecule has 3 aromatic carbocycles. The van der Waals surface area contributed by atoms with E-state index in [0.29, 0.717) is 22.5 Å². The number of benzene rings is 3. The van der Waals surface area contributed by atoms with Crippen molar-refractivity contribution in [3.63, 3.8) is 0 Å². The maximum atomic E-state index is 11.2. The van der Waals surface area contributed by atoms with E-state index < -0.39 is 0 Å². The lowest BCUT2D eigenvalue weighted by Crippen LogP contribution is -2.17. The molecule has 0 bridgehead atoms. The maximum Gasteiger partial charge on any atom is 0.128 e. The van der Waals surface area contributed by atoms with Gasteiger partial charge in [-0.2, -0.15) is 0 Å². The summed E-state index contributed by atoms with van der Waals surface area (Å²) in [7, 11) is 0. The Balaban J connectivity index is 2.10. The molecular weight excluding hydrogens is 492 g/mol. The summed E-state index contributed by atoms with van der Waals surface area (Å²) < 4.78 is 0. The molecule has 40 heavy (non-hydrogen) atoms. The third-order valence-electron chi connectivity index (χ3n) is 7.19. The molecule has 0 aliphatic carbocycles. The number of nitrogens with zero attached hydrogens (tertiary/aromatic N) is 2. The van der Waals surface area contributed by atoms with E-state index >= 15 is 0 Å². The fourth-order valence-electron chi connectivity index (χ4n) is 4.48. The molecule has 3 rings (SSSR count). The summed E-state index contributed by atoms with van der Waals surface area (Å²) in [6.07, 6.45) is 3.45. The van der Waals surface area contributed by atoms with Crippen LogP contribution in [-0.4, -0.2) is 22.6 Å². The summed E-state index contributed by atoms with van der Waals surface area (Å²) in [5.41, 5.74) is 6.23. The molecule has 0 saturated heterocycles. The van der Waals surface area contributed by atoms with E-state index in [9.17, 15) is 10.2 Å². The zero-order chi connectivity index (χ0) is 30.3. The van der Waals surface area contributed by atoms with Crippen LogP contribution in [0.1, 0.15) is 116 Å². The Morgan fingerprint density at radius 3 is 1.10 bits per heavy atom. The van der Waals surface area contributed by atoms with E-state index in [1.54, 1.807) is 12.4 Å². The monoisotopic (exact) mass is 540 g/mol. The van der Waals surface area contributed by atoms with Gasteiger partial charge in [-0.15, -0.1) is 0 Å². The molecule has 0 fully saturated rings. The van der Waals surface area contributed by atoms with E-state index in [4.69, 9.17) is 9.98 Å². The van der Waals surface area contributed by atoms with Crippen LogP contribution in [0.5, 0.6) is 11.5 Å². The topological polar surface area (TPSA) is 65.2 Å². The SMILES string of the molecule is CC(C)(C)c1cc(/C=N\c2ccccc2/N=C/c2cc(C(C)(C)C)cc(C(C)(C)C)c2O)c(O)c(C(C)(C)C)c1. The molecule has 4 nitrogen and oxygen atoms in total. The second-order valence-electron chi connectivity index (χ2n) is 14.9. The molecule has 2 N–H and O–H groups in total. The first-order valence-corrected chi connectivity index (χ1v) is 14.1. The predicted octanol–water partition coefficient (Wildman–Crippen LogP) is 9.79. The van der Waals surface area contributed by atoms with Gasteiger partial charge in [-0.1, -0.05) is 107 Å². The van der Waals surface area contributed by atoms with Crippen molar-refractivity contribution >= 4 is 23.8 Å². The first-order valence-electron chi connectivity index (χ1n) is 14.1. The molecule has 0 spiro atoms. The van der Waals surface area contributed by atoms with Gasteiger partial charge in [0.15, 0.2) is 0 Å². The van der Waals surface area contributed by atoms with Crippen LogP contribution >= 0.6 is 0 Å². The van der Waals surface area contributed by atoms with Crippen molar-refractivity contribution in [2.24, 2.45) is 9.98 Å². The van der Waals surface area contributed by atoms with E-state index in [2.05, 4.69) is 95.2 Å². The van der Waals surface area contributed by atoms with E-state index in [-0.39, 0.29) is 33.2 Å². The number of aromatic hydroxyl groups is 2. The third-order valence-corrected chi connectivity index (χ3v) is 7.19. The summed E-state index contributed by atoms with van der Waals surface area (Å²) >= 11 is 0. The molecule has 0 aliphatic rings. The van der Waals surface area contributed by atoms with Crippen LogP contribution in [0.3, 0.4) is 0 Å². The molecule has 0 heterocycles. The fourth-order valence-corrected chi connectivity index (χ4v) is 4.48. The Labute approximate surface area is 241 Å². The van der Waals surface area contributed by atoms with Gasteiger partial charge in [0, 0.05) is 34.7 Å². The second-order valence-corrected chi connectivity index (χ2v) is 14.9. The largest absolute Gasteiger partial charge is 0.507 e. The van der Waals surface area contributed by atoms with Crippen molar-refractivity contribution in [3.8, 4) is 11.5 Å². The van der Waals surface area contributed by atoms with Gasteiger partial charge in [0.1, 0.15) is 11.5 Å². The van der Waals surface area contributed by atoms with Crippen molar-refractivity contribution in [3.05, 3.63) is 81.9 Å². The average Bonchev–Trinajstić information content (AvgIpc) is 2.80. The number of para-hydroxylation sites is 2. The Morgan fingerprint density at radius 1 is 0.500 bits per heavy atom. The van der Waals surface area contributed by atoms with Crippen LogP contribution in [0.2, 0.25) is 0 Å². The molecule has 0 aliphatic heterocycles. The minimum absolute atomic E-state index is 0.0754. The average molecular weight is 541 g/mol. The molecule has 214 valence electrons. The number of rotatable bonds is 4. The van der Waals surface area contributed by atoms with Gasteiger partial charge in [0.2, 0.25) is 0 Å². The summed E-state index contributed by atoms with van der Waals surface area (Å²) in [6.45, 7) is 25.7. The maximum absolute atomic E-state index is 11.2. The highest BCUT2D eigenvalue weighted by atomic mass is 16.3. The smallest absolute Gasteiger partial charge is 0.128 e. The van der Waals surface area contributed by atoms with Crippen molar-refractivity contribution in [1.29, 1.82) is 0 Å². The Bertz CT molecular complexity index is 1320. The Hall–Kier alpha value is -3.40. The molecule has 0 saturated carbocycles. The summed E-state index contributed by atoms with van der Waals surface area (Å²) in [5, 5.41) is 22.4. The van der Waals surface area contributed by atoms with Crippen molar-refractivity contribution in [1.82, 2.24) is 0 Å².